The molecule has 2 aromatic carbocycles. The molecular formula is C16H17BFNO. The smallest absolute Gasteiger partial charge is 0.362 e. The number of benzene rings is 2. The van der Waals surface area contributed by atoms with Crippen molar-refractivity contribution in [3.63, 3.8) is 0 Å². The lowest BCUT2D eigenvalue weighted by molar-refractivity contribution is 0.336. The van der Waals surface area contributed by atoms with Crippen LogP contribution in [0, 0.1) is 5.82 Å². The van der Waals surface area contributed by atoms with Crippen LogP contribution in [0.5, 0.6) is 0 Å². The zero-order valence-electron chi connectivity index (χ0n) is 11.8. The number of halogens is 1. The highest BCUT2D eigenvalue weighted by Crippen LogP contribution is 2.13. The predicted molar refractivity (Wildman–Crippen MR) is 80.0 cm³/mol. The third-order valence-corrected chi connectivity index (χ3v) is 3.55. The van der Waals surface area contributed by atoms with Gasteiger partial charge in [-0.3, -0.25) is 0 Å². The Balaban J connectivity index is 1.92. The maximum absolute atomic E-state index is 13.2. The molecule has 0 saturated carbocycles. The van der Waals surface area contributed by atoms with Gasteiger partial charge in [0.1, 0.15) is 5.82 Å². The highest BCUT2D eigenvalue weighted by molar-refractivity contribution is 6.81. The van der Waals surface area contributed by atoms with Crippen LogP contribution in [0.4, 0.5) is 4.39 Å². The van der Waals surface area contributed by atoms with Crippen LogP contribution < -0.4 is 10.9 Å². The van der Waals surface area contributed by atoms with E-state index in [1.165, 1.54) is 11.6 Å². The summed E-state index contributed by atoms with van der Waals surface area (Å²) < 4.78 is 19.1. The van der Waals surface area contributed by atoms with Crippen LogP contribution >= 0.6 is 0 Å². The molecule has 2 nitrogen and oxygen atoms in total. The molecule has 2 aromatic rings. The lowest BCUT2D eigenvalue weighted by Crippen LogP contribution is -2.41. The van der Waals surface area contributed by atoms with Crippen molar-refractivity contribution in [2.24, 2.45) is 0 Å². The Bertz CT molecular complexity index is 630. The molecule has 0 atom stereocenters. The molecule has 4 heteroatoms. The minimum atomic E-state index is -0.200. The molecule has 0 spiro atoms. The summed E-state index contributed by atoms with van der Waals surface area (Å²) in [6.45, 7) is 1.31. The highest BCUT2D eigenvalue weighted by atomic mass is 19.1. The summed E-state index contributed by atoms with van der Waals surface area (Å²) in [5.74, 6) is -0.200. The Hall–Kier alpha value is -1.65. The van der Waals surface area contributed by atoms with Crippen molar-refractivity contribution in [3.8, 4) is 0 Å². The monoisotopic (exact) mass is 269 g/mol. The third-order valence-electron chi connectivity index (χ3n) is 3.55. The molecule has 0 N–H and O–H groups in total. The summed E-state index contributed by atoms with van der Waals surface area (Å²) in [4.78, 5) is 2.14. The van der Waals surface area contributed by atoms with Crippen LogP contribution in [-0.2, 0) is 17.8 Å². The molecule has 0 radical (unpaired) electrons. The Morgan fingerprint density at radius 1 is 1.20 bits per heavy atom. The van der Waals surface area contributed by atoms with E-state index in [2.05, 4.69) is 43.3 Å². The molecular weight excluding hydrogens is 252 g/mol. The standard InChI is InChI=1S/C16H17BFNO/c1-19(2)10-12-4-3-5-14(8-12)17-16-7-6-15(18)9-13(16)11-20-17/h3-9H,10-11H2,1-2H3. The molecule has 102 valence electrons. The lowest BCUT2D eigenvalue weighted by atomic mass is 9.55. The molecule has 0 aromatic heterocycles. The van der Waals surface area contributed by atoms with Gasteiger partial charge in [0.15, 0.2) is 0 Å². The third kappa shape index (κ3) is 2.62. The average molecular weight is 269 g/mol. The zero-order valence-corrected chi connectivity index (χ0v) is 11.8. The van der Waals surface area contributed by atoms with Crippen molar-refractivity contribution in [1.29, 1.82) is 0 Å². The van der Waals surface area contributed by atoms with Crippen LogP contribution in [0.15, 0.2) is 42.5 Å². The zero-order chi connectivity index (χ0) is 14.1. The van der Waals surface area contributed by atoms with Crippen LogP contribution in [0.2, 0.25) is 0 Å². The number of nitrogens with zero attached hydrogens (tertiary/aromatic N) is 1. The first-order valence-electron chi connectivity index (χ1n) is 6.77. The van der Waals surface area contributed by atoms with Crippen LogP contribution in [0.25, 0.3) is 0 Å². The van der Waals surface area contributed by atoms with E-state index in [0.717, 1.165) is 23.0 Å². The summed E-state index contributed by atoms with van der Waals surface area (Å²) in [5.41, 5.74) is 4.42. The van der Waals surface area contributed by atoms with Crippen LogP contribution in [0.3, 0.4) is 0 Å². The van der Waals surface area contributed by atoms with E-state index in [0.29, 0.717) is 6.61 Å². The van der Waals surface area contributed by atoms with Crippen LogP contribution in [0.1, 0.15) is 11.1 Å². The number of rotatable bonds is 3. The van der Waals surface area contributed by atoms with Gasteiger partial charge in [-0.05, 0) is 48.3 Å². The van der Waals surface area contributed by atoms with Gasteiger partial charge in [-0.1, -0.05) is 30.3 Å². The number of hydrogen-bond donors (Lipinski definition) is 0. The first-order chi connectivity index (χ1) is 9.63. The topological polar surface area (TPSA) is 12.5 Å². The molecule has 0 amide bonds. The van der Waals surface area contributed by atoms with E-state index in [1.54, 1.807) is 6.07 Å². The van der Waals surface area contributed by atoms with E-state index in [-0.39, 0.29) is 12.7 Å². The fraction of sp³-hybridized carbons (Fsp3) is 0.250. The molecule has 0 bridgehead atoms. The summed E-state index contributed by atoms with van der Waals surface area (Å²) >= 11 is 0. The molecule has 0 unspecified atom stereocenters. The Kier molecular flexibility index (Phi) is 3.59. The van der Waals surface area contributed by atoms with E-state index in [4.69, 9.17) is 4.65 Å². The van der Waals surface area contributed by atoms with Gasteiger partial charge < -0.3 is 9.55 Å². The molecule has 0 saturated heterocycles. The van der Waals surface area contributed by atoms with Crippen molar-refractivity contribution in [2.75, 3.05) is 14.1 Å². The summed E-state index contributed by atoms with van der Waals surface area (Å²) in [6.07, 6.45) is 0. The van der Waals surface area contributed by atoms with Crippen molar-refractivity contribution in [3.05, 3.63) is 59.4 Å². The van der Waals surface area contributed by atoms with Crippen molar-refractivity contribution >= 4 is 17.8 Å². The van der Waals surface area contributed by atoms with Gasteiger partial charge in [-0.2, -0.15) is 0 Å². The second kappa shape index (κ2) is 5.39. The first kappa shape index (κ1) is 13.3. The quantitative estimate of drug-likeness (QED) is 0.783. The van der Waals surface area contributed by atoms with Crippen molar-refractivity contribution < 1.29 is 9.04 Å². The highest BCUT2D eigenvalue weighted by Gasteiger charge is 2.30. The molecule has 3 rings (SSSR count). The molecule has 1 heterocycles. The van der Waals surface area contributed by atoms with Crippen molar-refractivity contribution in [1.82, 2.24) is 4.90 Å². The fourth-order valence-corrected chi connectivity index (χ4v) is 2.71. The van der Waals surface area contributed by atoms with E-state index in [1.807, 2.05) is 6.07 Å². The molecule has 1 aliphatic heterocycles. The largest absolute Gasteiger partial charge is 0.423 e. The summed E-state index contributed by atoms with van der Waals surface area (Å²) in [6, 6.07) is 13.3. The molecule has 0 fully saturated rings. The average Bonchev–Trinajstić information content (AvgIpc) is 2.81. The summed E-state index contributed by atoms with van der Waals surface area (Å²) in [7, 11) is 4.10. The maximum atomic E-state index is 13.2. The molecule has 20 heavy (non-hydrogen) atoms. The SMILES string of the molecule is CN(C)Cc1cccc(B2OCc3cc(F)ccc32)c1. The second-order valence-electron chi connectivity index (χ2n) is 5.52. The van der Waals surface area contributed by atoms with Crippen molar-refractivity contribution in [2.45, 2.75) is 13.2 Å². The van der Waals surface area contributed by atoms with Gasteiger partial charge in [0.25, 0.3) is 0 Å². The van der Waals surface area contributed by atoms with Gasteiger partial charge in [-0.25, -0.2) is 4.39 Å². The Labute approximate surface area is 119 Å². The fourth-order valence-electron chi connectivity index (χ4n) is 2.71. The van der Waals surface area contributed by atoms with Gasteiger partial charge in [0.2, 0.25) is 0 Å². The van der Waals surface area contributed by atoms with E-state index < -0.39 is 0 Å². The van der Waals surface area contributed by atoms with E-state index >= 15 is 0 Å². The maximum Gasteiger partial charge on any atom is 0.362 e. The minimum Gasteiger partial charge on any atom is -0.423 e. The van der Waals surface area contributed by atoms with Gasteiger partial charge in [0.05, 0.1) is 6.61 Å². The number of hydrogen-bond acceptors (Lipinski definition) is 2. The summed E-state index contributed by atoms with van der Waals surface area (Å²) in [5, 5.41) is 0. The van der Waals surface area contributed by atoms with Gasteiger partial charge in [-0.15, -0.1) is 0 Å². The lowest BCUT2D eigenvalue weighted by Gasteiger charge is -2.12. The Morgan fingerprint density at radius 3 is 2.85 bits per heavy atom. The Morgan fingerprint density at radius 2 is 2.05 bits per heavy atom. The second-order valence-corrected chi connectivity index (χ2v) is 5.52. The minimum absolute atomic E-state index is 0.0762. The number of fused-ring (bicyclic) bond motifs is 1. The first-order valence-corrected chi connectivity index (χ1v) is 6.77. The van der Waals surface area contributed by atoms with Gasteiger partial charge >= 0.3 is 6.92 Å². The normalized spacial score (nSPS) is 13.9. The molecule has 1 aliphatic rings. The molecule has 0 aliphatic carbocycles. The van der Waals surface area contributed by atoms with Gasteiger partial charge in [0, 0.05) is 6.54 Å². The van der Waals surface area contributed by atoms with Crippen LogP contribution in [-0.4, -0.2) is 25.9 Å². The predicted octanol–water partition coefficient (Wildman–Crippen LogP) is 1.52. The van der Waals surface area contributed by atoms with E-state index in [9.17, 15) is 4.39 Å².